The molecular weight excluding hydrogens is 1030 g/mol. The van der Waals surface area contributed by atoms with Crippen LogP contribution in [-0.2, 0) is 26.5 Å². The number of aromatic nitrogens is 3. The first kappa shape index (κ1) is 46.6. The first-order chi connectivity index (χ1) is 32.0. The van der Waals surface area contributed by atoms with Crippen LogP contribution < -0.4 is 5.19 Å². The van der Waals surface area contributed by atoms with Gasteiger partial charge in [0.2, 0.25) is 0 Å². The Kier molecular flexibility index (Phi) is 13.6. The number of para-hydroxylation sites is 2. The molecule has 1 aliphatic rings. The quantitative estimate of drug-likeness (QED) is 0.107. The maximum absolute atomic E-state index is 5.35. The van der Waals surface area contributed by atoms with E-state index in [1.807, 2.05) is 23.5 Å². The van der Waals surface area contributed by atoms with E-state index in [1.165, 1.54) is 91.0 Å². The Morgan fingerprint density at radius 3 is 2.04 bits per heavy atom. The van der Waals surface area contributed by atoms with E-state index in [0.29, 0.717) is 11.8 Å². The molecule has 0 spiro atoms. The SMILES string of the molecule is CC(C)c1cc(-c2ccccc2)cc(C(C)C)c1-n1c(-c2[c-]ccc3c2sc2cc4ccccc4cc23)nc2ccccc21.C[Si](C)(C)c1cnc(-c2[c-]cccc2)cc1CC1CCCC1.[Ir]. The van der Waals surface area contributed by atoms with E-state index in [0.717, 1.165) is 39.6 Å². The normalized spacial score (nSPS) is 13.2. The number of fused-ring (bicyclic) bond motifs is 5. The van der Waals surface area contributed by atoms with Gasteiger partial charge in [-0.3, -0.25) is 4.98 Å². The van der Waals surface area contributed by atoms with Crippen LogP contribution in [-0.4, -0.2) is 22.6 Å². The molecule has 339 valence electrons. The van der Waals surface area contributed by atoms with Crippen molar-refractivity contribution in [3.8, 4) is 39.5 Å². The molecule has 1 saturated carbocycles. The van der Waals surface area contributed by atoms with Crippen molar-refractivity contribution in [2.75, 3.05) is 0 Å². The van der Waals surface area contributed by atoms with Gasteiger partial charge in [0.15, 0.2) is 0 Å². The third kappa shape index (κ3) is 9.39. The van der Waals surface area contributed by atoms with Crippen LogP contribution in [0.4, 0.5) is 0 Å². The summed E-state index contributed by atoms with van der Waals surface area (Å²) < 4.78 is 4.95. The molecule has 67 heavy (non-hydrogen) atoms. The molecule has 11 rings (SSSR count). The predicted octanol–water partition coefficient (Wildman–Crippen LogP) is 16.8. The topological polar surface area (TPSA) is 30.7 Å². The van der Waals surface area contributed by atoms with Crippen molar-refractivity contribution >= 4 is 66.6 Å². The Morgan fingerprint density at radius 1 is 0.687 bits per heavy atom. The number of hydrogen-bond acceptors (Lipinski definition) is 3. The van der Waals surface area contributed by atoms with Gasteiger partial charge in [0, 0.05) is 36.7 Å². The van der Waals surface area contributed by atoms with Gasteiger partial charge < -0.3 is 9.55 Å². The van der Waals surface area contributed by atoms with E-state index in [2.05, 4.69) is 204 Å². The zero-order valence-corrected chi connectivity index (χ0v) is 44.0. The zero-order valence-electron chi connectivity index (χ0n) is 39.8. The van der Waals surface area contributed by atoms with Crippen molar-refractivity contribution in [2.24, 2.45) is 5.92 Å². The summed E-state index contributed by atoms with van der Waals surface area (Å²) in [5, 5.41) is 6.63. The molecule has 7 aromatic carbocycles. The summed E-state index contributed by atoms with van der Waals surface area (Å²) in [5.41, 5.74) is 13.3. The van der Waals surface area contributed by atoms with E-state index < -0.39 is 8.07 Å². The molecule has 0 atom stereocenters. The molecule has 0 aliphatic heterocycles. The van der Waals surface area contributed by atoms with Crippen LogP contribution in [0, 0.1) is 18.1 Å². The molecule has 0 bridgehead atoms. The minimum Gasteiger partial charge on any atom is -0.333 e. The number of imidazole rings is 1. The number of hydrogen-bond donors (Lipinski definition) is 0. The van der Waals surface area contributed by atoms with Gasteiger partial charge in [-0.2, -0.15) is 11.3 Å². The summed E-state index contributed by atoms with van der Waals surface area (Å²) in [6.45, 7) is 16.5. The second kappa shape index (κ2) is 19.6. The van der Waals surface area contributed by atoms with Crippen molar-refractivity contribution < 1.29 is 20.1 Å². The summed E-state index contributed by atoms with van der Waals surface area (Å²) in [6.07, 6.45) is 9.03. The summed E-state index contributed by atoms with van der Waals surface area (Å²) in [4.78, 5) is 10.1. The van der Waals surface area contributed by atoms with Gasteiger partial charge in [0.1, 0.15) is 0 Å². The van der Waals surface area contributed by atoms with Crippen molar-refractivity contribution in [1.82, 2.24) is 14.5 Å². The van der Waals surface area contributed by atoms with E-state index in [1.54, 1.807) is 10.8 Å². The van der Waals surface area contributed by atoms with Gasteiger partial charge in [-0.1, -0.05) is 162 Å². The molecule has 10 aromatic rings. The van der Waals surface area contributed by atoms with Gasteiger partial charge >= 0.3 is 0 Å². The van der Waals surface area contributed by atoms with Crippen molar-refractivity contribution in [1.29, 1.82) is 0 Å². The molecule has 3 nitrogen and oxygen atoms in total. The van der Waals surface area contributed by atoms with Crippen molar-refractivity contribution in [3.63, 3.8) is 0 Å². The number of benzene rings is 7. The van der Waals surface area contributed by atoms with Gasteiger partial charge in [-0.05, 0) is 115 Å². The maximum atomic E-state index is 5.35. The molecule has 3 heterocycles. The summed E-state index contributed by atoms with van der Waals surface area (Å²) in [6, 6.07) is 59.2. The van der Waals surface area contributed by atoms with Crippen LogP contribution in [0.25, 0.3) is 81.4 Å². The molecule has 0 saturated heterocycles. The Bertz CT molecular complexity index is 3310. The number of nitrogens with zero attached hydrogens (tertiary/aromatic N) is 3. The Morgan fingerprint density at radius 2 is 1.36 bits per heavy atom. The Labute approximate surface area is 415 Å². The summed E-state index contributed by atoms with van der Waals surface area (Å²) in [7, 11) is -1.35. The standard InChI is InChI=1S/C41H33N2S.C20H26NSi.Ir/c1-25(2)33-22-30(27-13-6-5-7-14-27)23-34(26(3)4)39(33)43-37-20-11-10-19-36(37)42-41(43)32-18-12-17-31-35-21-28-15-8-9-16-29(28)24-38(35)44-40(31)32;1-22(2,3)20-15-21-19(17-11-5-4-6-12-17)14-18(20)13-16-9-7-8-10-16;/h5-17,19-26H,1-4H3;4-6,11,14-16H,7-10,13H2,1-3H3;/q2*-1;. The second-order valence-electron chi connectivity index (χ2n) is 19.9. The van der Waals surface area contributed by atoms with Crippen LogP contribution in [0.3, 0.4) is 0 Å². The smallest absolute Gasteiger partial charge is 0.0798 e. The largest absolute Gasteiger partial charge is 0.333 e. The fourth-order valence-corrected chi connectivity index (χ4v) is 13.0. The summed E-state index contributed by atoms with van der Waals surface area (Å²) >= 11 is 1.85. The van der Waals surface area contributed by atoms with E-state index in [-0.39, 0.29) is 20.1 Å². The van der Waals surface area contributed by atoms with Crippen LogP contribution in [0.2, 0.25) is 19.6 Å². The molecule has 6 heteroatoms. The fourth-order valence-electron chi connectivity index (χ4n) is 10.2. The van der Waals surface area contributed by atoms with Crippen molar-refractivity contribution in [2.45, 2.75) is 91.3 Å². The third-order valence-corrected chi connectivity index (χ3v) is 16.8. The minimum absolute atomic E-state index is 0. The van der Waals surface area contributed by atoms with Crippen LogP contribution in [0.15, 0.2) is 152 Å². The molecule has 0 unspecified atom stereocenters. The molecular formula is C61H59IrN3SSi-2. The first-order valence-electron chi connectivity index (χ1n) is 24.0. The number of rotatable bonds is 9. The van der Waals surface area contributed by atoms with E-state index in [9.17, 15) is 0 Å². The maximum Gasteiger partial charge on any atom is 0.0798 e. The zero-order chi connectivity index (χ0) is 45.5. The van der Waals surface area contributed by atoms with Crippen LogP contribution >= 0.6 is 11.3 Å². The Hall–Kier alpha value is -5.49. The Balaban J connectivity index is 0.000000206. The van der Waals surface area contributed by atoms with Gasteiger partial charge in [-0.15, -0.1) is 54.1 Å². The molecule has 1 aliphatic carbocycles. The second-order valence-corrected chi connectivity index (χ2v) is 26.0. The monoisotopic (exact) mass is 1090 g/mol. The first-order valence-corrected chi connectivity index (χ1v) is 28.3. The molecule has 1 radical (unpaired) electrons. The van der Waals surface area contributed by atoms with Crippen molar-refractivity contribution in [3.05, 3.63) is 181 Å². The molecule has 0 N–H and O–H groups in total. The average molecular weight is 1090 g/mol. The fraction of sp³-hybridized carbons (Fsp3) is 0.246. The number of thiophene rings is 1. The van der Waals surface area contributed by atoms with E-state index in [4.69, 9.17) is 9.97 Å². The molecule has 3 aromatic heterocycles. The average Bonchev–Trinajstić information content (AvgIpc) is 4.08. The molecule has 1 fully saturated rings. The number of pyridine rings is 1. The van der Waals surface area contributed by atoms with Crippen LogP contribution in [0.5, 0.6) is 0 Å². The molecule has 0 amide bonds. The van der Waals surface area contributed by atoms with E-state index >= 15 is 0 Å². The minimum atomic E-state index is -1.35. The van der Waals surface area contributed by atoms with Crippen LogP contribution in [0.1, 0.15) is 81.9 Å². The third-order valence-electron chi connectivity index (χ3n) is 13.6. The van der Waals surface area contributed by atoms with Gasteiger partial charge in [0.05, 0.1) is 24.9 Å². The van der Waals surface area contributed by atoms with Gasteiger partial charge in [0.25, 0.3) is 0 Å². The van der Waals surface area contributed by atoms with Gasteiger partial charge in [-0.25, -0.2) is 0 Å². The summed E-state index contributed by atoms with van der Waals surface area (Å²) in [5.74, 6) is 2.46. The predicted molar refractivity (Wildman–Crippen MR) is 287 cm³/mol.